The zero-order valence-electron chi connectivity index (χ0n) is 20.8. The van der Waals surface area contributed by atoms with Crippen molar-refractivity contribution in [2.45, 2.75) is 38.6 Å². The third-order valence-electron chi connectivity index (χ3n) is 5.92. The number of amides is 1. The number of carbonyl (C=O) groups excluding carboxylic acids is 1. The summed E-state index contributed by atoms with van der Waals surface area (Å²) >= 11 is 0. The largest absolute Gasteiger partial charge is 0.503 e. The molecule has 1 atom stereocenters. The van der Waals surface area contributed by atoms with Gasteiger partial charge >= 0.3 is 12.3 Å². The van der Waals surface area contributed by atoms with Crippen LogP contribution < -0.4 is 5.32 Å². The molecule has 1 aliphatic rings. The molecule has 11 nitrogen and oxygen atoms in total. The van der Waals surface area contributed by atoms with Gasteiger partial charge in [0, 0.05) is 37.4 Å². The van der Waals surface area contributed by atoms with Crippen LogP contribution in [0.2, 0.25) is 0 Å². The van der Waals surface area contributed by atoms with Gasteiger partial charge in [0.15, 0.2) is 0 Å². The van der Waals surface area contributed by atoms with Crippen LogP contribution in [0.4, 0.5) is 14.0 Å². The second-order valence-corrected chi connectivity index (χ2v) is 8.63. The number of carbonyl (C=O) groups is 3. The fraction of sp³-hybridized carbons (Fsp3) is 0.360. The second kappa shape index (κ2) is 13.2. The van der Waals surface area contributed by atoms with E-state index in [0.29, 0.717) is 17.2 Å². The molecule has 0 radical (unpaired) electrons. The molecule has 1 amide bonds. The number of hydrogen-bond acceptors (Lipinski definition) is 5. The summed E-state index contributed by atoms with van der Waals surface area (Å²) in [6.45, 7) is 5.88. The van der Waals surface area contributed by atoms with Gasteiger partial charge < -0.3 is 35.2 Å². The highest BCUT2D eigenvalue weighted by Crippen LogP contribution is 2.34. The topological polar surface area (TPSA) is 165 Å². The number of carboxylic acid groups (broad SMARTS) is 4. The SMILES string of the molecule is CC(C)N(C)C(=O)c1cc(F)ccc1-n1cc(C2CCCNC2)c2ccncc21.O=C(O)O.O=C(O)O. The molecule has 1 aliphatic heterocycles. The highest BCUT2D eigenvalue weighted by Gasteiger charge is 2.24. The number of aromatic nitrogens is 2. The van der Waals surface area contributed by atoms with Crippen LogP contribution in [-0.4, -0.2) is 79.3 Å². The Bertz CT molecular complexity index is 1220. The van der Waals surface area contributed by atoms with Crippen molar-refractivity contribution in [2.75, 3.05) is 20.1 Å². The molecule has 0 spiro atoms. The number of halogens is 1. The molecule has 0 saturated carbocycles. The van der Waals surface area contributed by atoms with Gasteiger partial charge in [-0.1, -0.05) is 0 Å². The summed E-state index contributed by atoms with van der Waals surface area (Å²) in [5.74, 6) is -0.200. The molecule has 1 saturated heterocycles. The van der Waals surface area contributed by atoms with Crippen molar-refractivity contribution in [2.24, 2.45) is 0 Å². The average molecular weight is 519 g/mol. The number of nitrogens with one attached hydrogen (secondary N) is 1. The number of piperidine rings is 1. The predicted molar refractivity (Wildman–Crippen MR) is 134 cm³/mol. The van der Waals surface area contributed by atoms with Gasteiger partial charge in [-0.25, -0.2) is 14.0 Å². The van der Waals surface area contributed by atoms with Crippen LogP contribution in [0, 0.1) is 5.82 Å². The van der Waals surface area contributed by atoms with E-state index in [-0.39, 0.29) is 11.9 Å². The van der Waals surface area contributed by atoms with Crippen LogP contribution in [-0.2, 0) is 0 Å². The Hall–Kier alpha value is -4.19. The van der Waals surface area contributed by atoms with Crippen LogP contribution in [0.5, 0.6) is 0 Å². The molecule has 1 aromatic carbocycles. The van der Waals surface area contributed by atoms with Gasteiger partial charge in [0.2, 0.25) is 0 Å². The lowest BCUT2D eigenvalue weighted by Gasteiger charge is -2.23. The second-order valence-electron chi connectivity index (χ2n) is 8.63. The standard InChI is InChI=1S/C23H27FN4O.2CH2O3/c1-15(2)27(3)23(29)19-11-17(24)6-7-21(19)28-14-20(16-5-4-9-25-12-16)18-8-10-26-13-22(18)28;2*2-1(3)4/h6-8,10-11,13-16,25H,4-5,9,12H2,1-3H3;2*(H2,2,3,4). The number of fused-ring (bicyclic) bond motifs is 1. The maximum Gasteiger partial charge on any atom is 0.503 e. The molecule has 5 N–H and O–H groups in total. The van der Waals surface area contributed by atoms with Crippen molar-refractivity contribution in [1.82, 2.24) is 19.8 Å². The lowest BCUT2D eigenvalue weighted by atomic mass is 9.92. The van der Waals surface area contributed by atoms with E-state index >= 15 is 0 Å². The molecular formula is C25H31FN4O7. The van der Waals surface area contributed by atoms with Gasteiger partial charge in [-0.15, -0.1) is 0 Å². The first-order valence-electron chi connectivity index (χ1n) is 11.5. The quantitative estimate of drug-likeness (QED) is 0.333. The Kier molecular flexibility index (Phi) is 10.4. The third-order valence-corrected chi connectivity index (χ3v) is 5.92. The molecule has 200 valence electrons. The zero-order valence-corrected chi connectivity index (χ0v) is 20.8. The van der Waals surface area contributed by atoms with E-state index < -0.39 is 18.1 Å². The van der Waals surface area contributed by atoms with E-state index in [9.17, 15) is 9.18 Å². The highest BCUT2D eigenvalue weighted by atomic mass is 19.1. The Balaban J connectivity index is 0.000000530. The molecule has 4 rings (SSSR count). The molecule has 1 unspecified atom stereocenters. The molecular weight excluding hydrogens is 487 g/mol. The lowest BCUT2D eigenvalue weighted by Crippen LogP contribution is -2.33. The van der Waals surface area contributed by atoms with E-state index in [4.69, 9.17) is 30.0 Å². The Morgan fingerprint density at radius 2 is 1.78 bits per heavy atom. The zero-order chi connectivity index (χ0) is 27.7. The molecule has 1 fully saturated rings. The van der Waals surface area contributed by atoms with Crippen LogP contribution in [0.1, 0.15) is 48.5 Å². The van der Waals surface area contributed by atoms with Crippen molar-refractivity contribution in [3.05, 3.63) is 59.8 Å². The van der Waals surface area contributed by atoms with E-state index in [1.807, 2.05) is 30.7 Å². The van der Waals surface area contributed by atoms with Crippen LogP contribution in [0.3, 0.4) is 0 Å². The van der Waals surface area contributed by atoms with E-state index in [0.717, 1.165) is 36.8 Å². The fourth-order valence-corrected chi connectivity index (χ4v) is 4.06. The van der Waals surface area contributed by atoms with E-state index in [1.165, 1.54) is 17.7 Å². The number of nitrogens with zero attached hydrogens (tertiary/aromatic N) is 3. The predicted octanol–water partition coefficient (Wildman–Crippen LogP) is 4.56. The molecule has 37 heavy (non-hydrogen) atoms. The molecule has 12 heteroatoms. The Morgan fingerprint density at radius 3 is 2.35 bits per heavy atom. The summed E-state index contributed by atoms with van der Waals surface area (Å²) in [4.78, 5) is 36.1. The Labute approximate surface area is 212 Å². The summed E-state index contributed by atoms with van der Waals surface area (Å²) in [5.41, 5.74) is 3.21. The summed E-state index contributed by atoms with van der Waals surface area (Å²) in [7, 11) is 1.75. The smallest absolute Gasteiger partial charge is 0.450 e. The van der Waals surface area contributed by atoms with Crippen molar-refractivity contribution in [3.63, 3.8) is 0 Å². The van der Waals surface area contributed by atoms with Crippen LogP contribution in [0.15, 0.2) is 42.9 Å². The van der Waals surface area contributed by atoms with Gasteiger partial charge in [-0.2, -0.15) is 0 Å². The van der Waals surface area contributed by atoms with Gasteiger partial charge in [-0.05, 0) is 69.0 Å². The maximum atomic E-state index is 14.1. The lowest BCUT2D eigenvalue weighted by molar-refractivity contribution is 0.0754. The fourth-order valence-electron chi connectivity index (χ4n) is 4.06. The summed E-state index contributed by atoms with van der Waals surface area (Å²) in [6, 6.07) is 6.48. The number of rotatable bonds is 4. The minimum absolute atomic E-state index is 0.0190. The van der Waals surface area contributed by atoms with Gasteiger partial charge in [0.25, 0.3) is 5.91 Å². The summed E-state index contributed by atoms with van der Waals surface area (Å²) in [5, 5.41) is 32.5. The Morgan fingerprint density at radius 1 is 1.14 bits per heavy atom. The van der Waals surface area contributed by atoms with Crippen molar-refractivity contribution in [3.8, 4) is 5.69 Å². The van der Waals surface area contributed by atoms with Gasteiger partial charge in [0.05, 0.1) is 23.0 Å². The first-order valence-corrected chi connectivity index (χ1v) is 11.5. The molecule has 0 aliphatic carbocycles. The van der Waals surface area contributed by atoms with Crippen molar-refractivity contribution in [1.29, 1.82) is 0 Å². The van der Waals surface area contributed by atoms with E-state index in [2.05, 4.69) is 16.5 Å². The highest BCUT2D eigenvalue weighted by molar-refractivity contribution is 5.99. The first-order chi connectivity index (χ1) is 17.4. The van der Waals surface area contributed by atoms with Crippen molar-refractivity contribution < 1.29 is 39.2 Å². The molecule has 2 aromatic heterocycles. The first kappa shape index (κ1) is 29.0. The summed E-state index contributed by atoms with van der Waals surface area (Å²) < 4.78 is 16.1. The molecule has 0 bridgehead atoms. The summed E-state index contributed by atoms with van der Waals surface area (Å²) in [6.07, 6.45) is 4.32. The number of benzene rings is 1. The minimum atomic E-state index is -1.83. The van der Waals surface area contributed by atoms with Crippen LogP contribution >= 0.6 is 0 Å². The van der Waals surface area contributed by atoms with Crippen LogP contribution in [0.25, 0.3) is 16.6 Å². The number of pyridine rings is 1. The molecule has 3 heterocycles. The minimum Gasteiger partial charge on any atom is -0.450 e. The van der Waals surface area contributed by atoms with Gasteiger partial charge in [-0.3, -0.25) is 9.78 Å². The number of hydrogen-bond donors (Lipinski definition) is 5. The molecule has 3 aromatic rings. The van der Waals surface area contributed by atoms with Crippen molar-refractivity contribution >= 4 is 29.1 Å². The normalized spacial score (nSPS) is 14.7. The third kappa shape index (κ3) is 7.90. The maximum absolute atomic E-state index is 14.1. The van der Waals surface area contributed by atoms with E-state index in [1.54, 1.807) is 24.2 Å². The average Bonchev–Trinajstić information content (AvgIpc) is 3.22. The monoisotopic (exact) mass is 518 g/mol. The van der Waals surface area contributed by atoms with Gasteiger partial charge in [0.1, 0.15) is 5.82 Å².